The van der Waals surface area contributed by atoms with Gasteiger partial charge < -0.3 is 14.7 Å². The van der Waals surface area contributed by atoms with Crippen LogP contribution in [0.5, 0.6) is 0 Å². The van der Waals surface area contributed by atoms with Gasteiger partial charge in [0.25, 0.3) is 5.91 Å². The molecule has 0 aromatic heterocycles. The molecule has 1 fully saturated rings. The summed E-state index contributed by atoms with van der Waals surface area (Å²) in [6.45, 7) is 1.34. The van der Waals surface area contributed by atoms with Gasteiger partial charge in [-0.1, -0.05) is 11.6 Å². The van der Waals surface area contributed by atoms with Crippen molar-refractivity contribution in [1.29, 1.82) is 0 Å². The Balaban J connectivity index is 2.23. The number of carboxylic acids is 1. The van der Waals surface area contributed by atoms with Crippen molar-refractivity contribution in [3.05, 3.63) is 33.3 Å². The van der Waals surface area contributed by atoms with Crippen LogP contribution in [0.25, 0.3) is 0 Å². The first kappa shape index (κ1) is 17.2. The standard InChI is InChI=1S/C15H17BrClNO4/c16-13-2-1-10(17)9-12(13)15(21)18(6-3-14(19)20)11-4-7-22-8-5-11/h1-2,9,11H,3-8H2,(H,19,20). The monoisotopic (exact) mass is 389 g/mol. The lowest BCUT2D eigenvalue weighted by atomic mass is 10.0. The average Bonchev–Trinajstić information content (AvgIpc) is 2.50. The second kappa shape index (κ2) is 7.94. The second-order valence-electron chi connectivity index (χ2n) is 5.11. The van der Waals surface area contributed by atoms with Crippen molar-refractivity contribution >= 4 is 39.4 Å². The van der Waals surface area contributed by atoms with Crippen LogP contribution in [0.2, 0.25) is 5.02 Å². The van der Waals surface area contributed by atoms with Crippen molar-refractivity contribution < 1.29 is 19.4 Å². The molecule has 0 spiro atoms. The SMILES string of the molecule is O=C(O)CCN(C(=O)c1cc(Cl)ccc1Br)C1CCOCC1. The Labute approximate surface area is 142 Å². The van der Waals surface area contributed by atoms with Gasteiger partial charge in [0.15, 0.2) is 0 Å². The van der Waals surface area contributed by atoms with E-state index in [0.29, 0.717) is 41.1 Å². The molecule has 22 heavy (non-hydrogen) atoms. The average molecular weight is 391 g/mol. The number of hydrogen-bond donors (Lipinski definition) is 1. The molecule has 0 aliphatic carbocycles. The first-order valence-electron chi connectivity index (χ1n) is 7.04. The number of amides is 1. The van der Waals surface area contributed by atoms with E-state index in [1.807, 2.05) is 0 Å². The molecule has 1 aliphatic rings. The zero-order valence-corrected chi connectivity index (χ0v) is 14.3. The van der Waals surface area contributed by atoms with E-state index in [1.165, 1.54) is 0 Å². The summed E-state index contributed by atoms with van der Waals surface area (Å²) >= 11 is 9.33. The quantitative estimate of drug-likeness (QED) is 0.838. The number of aliphatic carboxylic acids is 1. The van der Waals surface area contributed by atoms with Gasteiger partial charge in [-0.2, -0.15) is 0 Å². The van der Waals surface area contributed by atoms with E-state index in [2.05, 4.69) is 15.9 Å². The number of benzene rings is 1. The zero-order valence-electron chi connectivity index (χ0n) is 11.9. The molecular formula is C15H17BrClNO4. The summed E-state index contributed by atoms with van der Waals surface area (Å²) in [5.41, 5.74) is 0.449. The van der Waals surface area contributed by atoms with Gasteiger partial charge in [0.05, 0.1) is 12.0 Å². The number of rotatable bonds is 5. The molecule has 5 nitrogen and oxygen atoms in total. The summed E-state index contributed by atoms with van der Waals surface area (Å²) in [5, 5.41) is 9.39. The first-order chi connectivity index (χ1) is 10.5. The van der Waals surface area contributed by atoms with Crippen molar-refractivity contribution in [2.75, 3.05) is 19.8 Å². The third-order valence-corrected chi connectivity index (χ3v) is 4.54. The van der Waals surface area contributed by atoms with Crippen LogP contribution in [0.4, 0.5) is 0 Å². The molecule has 0 atom stereocenters. The van der Waals surface area contributed by atoms with E-state index >= 15 is 0 Å². The normalized spacial score (nSPS) is 15.5. The molecule has 1 aromatic carbocycles. The molecule has 0 radical (unpaired) electrons. The summed E-state index contributed by atoms with van der Waals surface area (Å²) in [6, 6.07) is 5.00. The van der Waals surface area contributed by atoms with Gasteiger partial charge in [0.2, 0.25) is 0 Å². The highest BCUT2D eigenvalue weighted by molar-refractivity contribution is 9.10. The van der Waals surface area contributed by atoms with Crippen LogP contribution in [0.1, 0.15) is 29.6 Å². The van der Waals surface area contributed by atoms with Crippen molar-refractivity contribution in [3.8, 4) is 0 Å². The minimum atomic E-state index is -0.921. The molecule has 7 heteroatoms. The molecule has 1 aliphatic heterocycles. The van der Waals surface area contributed by atoms with Gasteiger partial charge in [0.1, 0.15) is 0 Å². The minimum absolute atomic E-state index is 0.00789. The fraction of sp³-hybridized carbons (Fsp3) is 0.467. The predicted octanol–water partition coefficient (Wildman–Crippen LogP) is 3.20. The van der Waals surface area contributed by atoms with Crippen LogP contribution in [0.15, 0.2) is 22.7 Å². The molecule has 0 saturated carbocycles. The lowest BCUT2D eigenvalue weighted by molar-refractivity contribution is -0.137. The Hall–Kier alpha value is -1.11. The Bertz CT molecular complexity index is 560. The summed E-state index contributed by atoms with van der Waals surface area (Å²) < 4.78 is 5.97. The van der Waals surface area contributed by atoms with Gasteiger partial charge in [-0.3, -0.25) is 9.59 Å². The van der Waals surface area contributed by atoms with Gasteiger partial charge >= 0.3 is 5.97 Å². The Kier molecular flexibility index (Phi) is 6.23. The van der Waals surface area contributed by atoms with E-state index in [9.17, 15) is 9.59 Å². The topological polar surface area (TPSA) is 66.8 Å². The summed E-state index contributed by atoms with van der Waals surface area (Å²) in [7, 11) is 0. The Morgan fingerprint density at radius 2 is 2.05 bits per heavy atom. The number of carboxylic acid groups (broad SMARTS) is 1. The van der Waals surface area contributed by atoms with Crippen LogP contribution in [0.3, 0.4) is 0 Å². The van der Waals surface area contributed by atoms with Crippen molar-refractivity contribution in [1.82, 2.24) is 4.90 Å². The molecule has 1 amide bonds. The predicted molar refractivity (Wildman–Crippen MR) is 86.3 cm³/mol. The smallest absolute Gasteiger partial charge is 0.305 e. The molecule has 1 saturated heterocycles. The summed E-state index contributed by atoms with van der Waals surface area (Å²) in [6.07, 6.45) is 1.34. The summed E-state index contributed by atoms with van der Waals surface area (Å²) in [4.78, 5) is 25.3. The maximum atomic E-state index is 12.8. The lowest BCUT2D eigenvalue weighted by Gasteiger charge is -2.34. The molecule has 1 aromatic rings. The molecule has 1 N–H and O–H groups in total. The number of carbonyl (C=O) groups excluding carboxylic acids is 1. The van der Waals surface area contributed by atoms with E-state index in [-0.39, 0.29) is 24.9 Å². The third kappa shape index (κ3) is 4.44. The third-order valence-electron chi connectivity index (χ3n) is 3.62. The van der Waals surface area contributed by atoms with Gasteiger partial charge in [-0.15, -0.1) is 0 Å². The molecule has 0 bridgehead atoms. The van der Waals surface area contributed by atoms with Crippen LogP contribution in [0, 0.1) is 0 Å². The fourth-order valence-corrected chi connectivity index (χ4v) is 3.07. The highest BCUT2D eigenvalue weighted by Gasteiger charge is 2.28. The summed E-state index contributed by atoms with van der Waals surface area (Å²) in [5.74, 6) is -1.13. The molecule has 1 heterocycles. The van der Waals surface area contributed by atoms with Gasteiger partial charge in [-0.25, -0.2) is 0 Å². The Morgan fingerprint density at radius 1 is 1.36 bits per heavy atom. The van der Waals surface area contributed by atoms with Gasteiger partial charge in [-0.05, 0) is 47.0 Å². The zero-order chi connectivity index (χ0) is 16.1. The number of hydrogen-bond acceptors (Lipinski definition) is 3. The minimum Gasteiger partial charge on any atom is -0.481 e. The second-order valence-corrected chi connectivity index (χ2v) is 6.40. The maximum absolute atomic E-state index is 12.8. The molecule has 120 valence electrons. The number of nitrogens with zero attached hydrogens (tertiary/aromatic N) is 1. The number of carbonyl (C=O) groups is 2. The van der Waals surface area contributed by atoms with Crippen molar-refractivity contribution in [2.24, 2.45) is 0 Å². The van der Waals surface area contributed by atoms with E-state index in [4.69, 9.17) is 21.4 Å². The van der Waals surface area contributed by atoms with Crippen LogP contribution in [-0.2, 0) is 9.53 Å². The van der Waals surface area contributed by atoms with Crippen molar-refractivity contribution in [3.63, 3.8) is 0 Å². The lowest BCUT2D eigenvalue weighted by Crippen LogP contribution is -2.44. The van der Waals surface area contributed by atoms with E-state index < -0.39 is 5.97 Å². The van der Waals surface area contributed by atoms with Crippen LogP contribution < -0.4 is 0 Å². The molecule has 2 rings (SSSR count). The molecule has 0 unspecified atom stereocenters. The van der Waals surface area contributed by atoms with E-state index in [0.717, 1.165) is 0 Å². The van der Waals surface area contributed by atoms with E-state index in [1.54, 1.807) is 23.1 Å². The largest absolute Gasteiger partial charge is 0.481 e. The first-order valence-corrected chi connectivity index (χ1v) is 8.21. The van der Waals surface area contributed by atoms with Crippen LogP contribution >= 0.6 is 27.5 Å². The van der Waals surface area contributed by atoms with Gasteiger partial charge in [0, 0.05) is 35.3 Å². The maximum Gasteiger partial charge on any atom is 0.305 e. The highest BCUT2D eigenvalue weighted by Crippen LogP contribution is 2.25. The Morgan fingerprint density at radius 3 is 2.68 bits per heavy atom. The highest BCUT2D eigenvalue weighted by atomic mass is 79.9. The number of halogens is 2. The molecular weight excluding hydrogens is 374 g/mol. The number of ether oxygens (including phenoxy) is 1. The fourth-order valence-electron chi connectivity index (χ4n) is 2.48. The van der Waals surface area contributed by atoms with Crippen molar-refractivity contribution in [2.45, 2.75) is 25.3 Å². The van der Waals surface area contributed by atoms with Crippen LogP contribution in [-0.4, -0.2) is 47.7 Å².